The monoisotopic (exact) mass is 769 g/mol. The largest absolute Gasteiger partial charge is 0.394 e. The fourth-order valence-corrected chi connectivity index (χ4v) is 7.62. The maximum absolute atomic E-state index is 13.4. The third-order valence-electron chi connectivity index (χ3n) is 11.3. The number of ether oxygens (including phenoxy) is 3. The lowest BCUT2D eigenvalue weighted by Gasteiger charge is -2.39. The molecule has 56 heavy (non-hydrogen) atoms. The predicted octanol–water partition coefficient (Wildman–Crippen LogP) is 4.92. The van der Waals surface area contributed by atoms with Crippen LogP contribution in [0.5, 0.6) is 0 Å². The number of H-pyrrole nitrogens is 2. The number of aromatic amines is 2. The van der Waals surface area contributed by atoms with Gasteiger partial charge in [0.25, 0.3) is 0 Å². The number of fused-ring (bicyclic) bond motifs is 8. The second kappa shape index (κ2) is 17.3. The average molecular weight is 770 g/mol. The number of aromatic nitrogens is 4. The minimum atomic E-state index is -1.51. The highest BCUT2D eigenvalue weighted by atomic mass is 16.7. The summed E-state index contributed by atoms with van der Waals surface area (Å²) in [7, 11) is 1.74. The second-order valence-corrected chi connectivity index (χ2v) is 14.8. The molecule has 5 atom stereocenters. The van der Waals surface area contributed by atoms with Crippen molar-refractivity contribution in [1.82, 2.24) is 24.8 Å². The minimum Gasteiger partial charge on any atom is -0.394 e. The van der Waals surface area contributed by atoms with Crippen molar-refractivity contribution >= 4 is 50.3 Å². The third-order valence-corrected chi connectivity index (χ3v) is 11.3. The Labute approximate surface area is 327 Å². The van der Waals surface area contributed by atoms with Crippen molar-refractivity contribution in [1.29, 1.82) is 0 Å². The Morgan fingerprint density at radius 1 is 0.875 bits per heavy atom. The van der Waals surface area contributed by atoms with Gasteiger partial charge in [-0.3, -0.25) is 4.79 Å². The number of rotatable bonds is 13. The summed E-state index contributed by atoms with van der Waals surface area (Å²) in [6.07, 6.45) is -3.21. The Morgan fingerprint density at radius 3 is 2.30 bits per heavy atom. The standard InChI is InChI=1S/C43H55N5O8/c1-9-27-24(5)33-20-36-28(10-2)23(4)32(45-36)19-34-25(6)29(39(47-34)26(7)31-17-22(3)30(44-31)18-35(27)46-33)11-12-38(50)48(8)13-14-54-15-16-55-43-42(53)41(52)40(51)37(21-49)56-43/h10,17-20,37,40-44,46,49,51-53H,2,9,11-16,21H2,1,3-8H3/t37-,40-,41+,42-,43-/m1/s1. The van der Waals surface area contributed by atoms with Crippen LogP contribution in [0.4, 0.5) is 0 Å². The number of carbonyl (C=O) groups excluding carboxylic acids is 1. The van der Waals surface area contributed by atoms with Crippen molar-refractivity contribution in [2.45, 2.75) is 91.5 Å². The molecule has 1 fully saturated rings. The summed E-state index contributed by atoms with van der Waals surface area (Å²) in [5.74, 6) is -0.0385. The molecule has 1 saturated heterocycles. The van der Waals surface area contributed by atoms with Gasteiger partial charge >= 0.3 is 0 Å². The van der Waals surface area contributed by atoms with Gasteiger partial charge in [0.15, 0.2) is 6.29 Å². The van der Waals surface area contributed by atoms with Crippen molar-refractivity contribution in [3.8, 4) is 0 Å². The molecule has 0 spiro atoms. The van der Waals surface area contributed by atoms with Crippen LogP contribution < -0.4 is 0 Å². The number of nitrogens with one attached hydrogen (secondary N) is 2. The number of amides is 1. The van der Waals surface area contributed by atoms with E-state index in [4.69, 9.17) is 24.2 Å². The highest BCUT2D eigenvalue weighted by molar-refractivity contribution is 5.98. The lowest BCUT2D eigenvalue weighted by molar-refractivity contribution is -0.302. The van der Waals surface area contributed by atoms with E-state index in [9.17, 15) is 25.2 Å². The van der Waals surface area contributed by atoms with Crippen molar-refractivity contribution in [3.05, 3.63) is 81.9 Å². The zero-order valence-corrected chi connectivity index (χ0v) is 33.4. The maximum atomic E-state index is 13.4. The molecule has 13 nitrogen and oxygen atoms in total. The Morgan fingerprint density at radius 2 is 1.59 bits per heavy atom. The summed E-state index contributed by atoms with van der Waals surface area (Å²) in [5.41, 5.74) is 16.0. The highest BCUT2D eigenvalue weighted by Crippen LogP contribution is 2.38. The average Bonchev–Trinajstić information content (AvgIpc) is 3.89. The topological polar surface area (TPSA) is 186 Å². The highest BCUT2D eigenvalue weighted by Gasteiger charge is 2.44. The number of hydrogen-bond acceptors (Lipinski definition) is 10. The number of aryl methyl sites for hydroxylation is 4. The molecule has 3 aliphatic rings. The van der Waals surface area contributed by atoms with Gasteiger partial charge in [0, 0.05) is 47.7 Å². The predicted molar refractivity (Wildman–Crippen MR) is 217 cm³/mol. The first-order valence-electron chi connectivity index (χ1n) is 19.3. The summed E-state index contributed by atoms with van der Waals surface area (Å²) in [6, 6.07) is 8.48. The van der Waals surface area contributed by atoms with Crippen LogP contribution in [0.25, 0.3) is 44.4 Å². The Kier molecular flexibility index (Phi) is 12.8. The van der Waals surface area contributed by atoms with Crippen LogP contribution >= 0.6 is 0 Å². The van der Waals surface area contributed by atoms with Crippen molar-refractivity contribution < 1.29 is 39.4 Å². The SMILES string of the molecule is C=CC1=C(C)c2cc3nc(c(C)c4cc(C)c(cc5[nH]c(cc1n2)c(C)c5CC)[nH]4)C(CCC(=O)N(C)CCOCCO[C@@H]1O[C@H](CO)[C@@H](O)[C@H](O)[C@H]1O)=C3C. The molecule has 6 rings (SSSR count). The molecule has 0 unspecified atom stereocenters. The lowest BCUT2D eigenvalue weighted by atomic mass is 9.98. The normalized spacial score (nSPS) is 21.2. The molecule has 3 aromatic heterocycles. The van der Waals surface area contributed by atoms with Gasteiger partial charge in [-0.15, -0.1) is 0 Å². The van der Waals surface area contributed by atoms with E-state index in [1.807, 2.05) is 12.1 Å². The number of nitrogens with zero attached hydrogens (tertiary/aromatic N) is 3. The molecule has 8 bridgehead atoms. The quantitative estimate of drug-likeness (QED) is 0.130. The lowest BCUT2D eigenvalue weighted by Crippen LogP contribution is -2.59. The van der Waals surface area contributed by atoms with Crippen LogP contribution in [0.2, 0.25) is 0 Å². The van der Waals surface area contributed by atoms with E-state index in [0.29, 0.717) is 13.0 Å². The van der Waals surface area contributed by atoms with Gasteiger partial charge in [-0.2, -0.15) is 0 Å². The summed E-state index contributed by atoms with van der Waals surface area (Å²) in [6.45, 7) is 17.0. The number of allylic oxidation sites excluding steroid dienone is 5. The molecular weight excluding hydrogens is 715 g/mol. The summed E-state index contributed by atoms with van der Waals surface area (Å²) in [4.78, 5) is 32.7. The molecule has 3 aromatic rings. The zero-order valence-electron chi connectivity index (χ0n) is 33.4. The summed E-state index contributed by atoms with van der Waals surface area (Å²) >= 11 is 0. The van der Waals surface area contributed by atoms with Crippen molar-refractivity contribution in [3.63, 3.8) is 0 Å². The first-order valence-corrected chi connectivity index (χ1v) is 19.3. The fraction of sp³-hybridized carbons (Fsp3) is 0.465. The Bertz CT molecular complexity index is 2220. The van der Waals surface area contributed by atoms with Gasteiger partial charge in [0.05, 0.1) is 49.2 Å². The van der Waals surface area contributed by atoms with E-state index in [0.717, 1.165) is 84.7 Å². The van der Waals surface area contributed by atoms with E-state index in [1.54, 1.807) is 11.9 Å². The number of aliphatic hydroxyl groups is 4. The molecule has 3 aliphatic heterocycles. The van der Waals surface area contributed by atoms with E-state index in [1.165, 1.54) is 11.1 Å². The van der Waals surface area contributed by atoms with Crippen LogP contribution in [0.3, 0.4) is 0 Å². The fourth-order valence-electron chi connectivity index (χ4n) is 7.62. The van der Waals surface area contributed by atoms with Crippen LogP contribution in [0.15, 0.2) is 36.9 Å². The van der Waals surface area contributed by atoms with Gasteiger partial charge in [-0.1, -0.05) is 19.6 Å². The second-order valence-electron chi connectivity index (χ2n) is 14.8. The number of hydrogen-bond donors (Lipinski definition) is 6. The number of carbonyl (C=O) groups is 1. The van der Waals surface area contributed by atoms with Gasteiger partial charge in [0.1, 0.15) is 24.4 Å². The molecule has 0 radical (unpaired) electrons. The smallest absolute Gasteiger partial charge is 0.222 e. The molecule has 0 saturated carbocycles. The summed E-state index contributed by atoms with van der Waals surface area (Å²) < 4.78 is 16.5. The summed E-state index contributed by atoms with van der Waals surface area (Å²) in [5, 5.41) is 39.4. The molecular formula is C43H55N5O8. The van der Waals surface area contributed by atoms with Crippen molar-refractivity contribution in [2.24, 2.45) is 0 Å². The van der Waals surface area contributed by atoms with Crippen LogP contribution in [-0.2, 0) is 25.4 Å². The van der Waals surface area contributed by atoms with E-state index in [2.05, 4.69) is 76.3 Å². The molecule has 300 valence electrons. The first-order chi connectivity index (χ1) is 26.8. The van der Waals surface area contributed by atoms with E-state index < -0.39 is 37.3 Å². The van der Waals surface area contributed by atoms with Crippen molar-refractivity contribution in [2.75, 3.05) is 40.0 Å². The Hall–Kier alpha value is -4.47. The molecule has 0 aliphatic carbocycles. The van der Waals surface area contributed by atoms with E-state index >= 15 is 0 Å². The molecule has 13 heteroatoms. The number of likely N-dealkylation sites (N-methyl/N-ethyl adjacent to an activating group) is 1. The molecule has 1 amide bonds. The van der Waals surface area contributed by atoms with E-state index in [-0.39, 0.29) is 32.1 Å². The van der Waals surface area contributed by atoms with Crippen LogP contribution in [0, 0.1) is 20.8 Å². The Balaban J connectivity index is 1.21. The minimum absolute atomic E-state index is 0.0297. The number of aliphatic hydroxyl groups excluding tert-OH is 4. The molecule has 6 N–H and O–H groups in total. The van der Waals surface area contributed by atoms with Gasteiger partial charge in [-0.05, 0) is 111 Å². The molecule has 0 aromatic carbocycles. The molecule has 6 heterocycles. The van der Waals surface area contributed by atoms with Crippen LogP contribution in [0.1, 0.15) is 78.6 Å². The maximum Gasteiger partial charge on any atom is 0.222 e. The van der Waals surface area contributed by atoms with Gasteiger partial charge in [0.2, 0.25) is 5.91 Å². The first kappa shape index (κ1) is 41.2. The van der Waals surface area contributed by atoms with Gasteiger partial charge in [-0.25, -0.2) is 9.97 Å². The third kappa shape index (κ3) is 8.16. The van der Waals surface area contributed by atoms with Gasteiger partial charge < -0.3 is 49.5 Å². The van der Waals surface area contributed by atoms with Crippen LogP contribution in [-0.4, -0.2) is 122 Å². The zero-order chi connectivity index (χ0) is 40.4.